The number of nitrogens with one attached hydrogen (secondary N) is 1. The van der Waals surface area contributed by atoms with Crippen molar-refractivity contribution in [2.24, 2.45) is 11.8 Å². The van der Waals surface area contributed by atoms with Gasteiger partial charge in [-0.25, -0.2) is 13.1 Å². The zero-order valence-corrected chi connectivity index (χ0v) is 18.4. The van der Waals surface area contributed by atoms with E-state index in [4.69, 9.17) is 0 Å². The Morgan fingerprint density at radius 2 is 1.67 bits per heavy atom. The van der Waals surface area contributed by atoms with Gasteiger partial charge in [-0.05, 0) is 64.5 Å². The maximum absolute atomic E-state index is 12.5. The minimum atomic E-state index is -3.17. The van der Waals surface area contributed by atoms with Crippen LogP contribution >= 0.6 is 0 Å². The molecule has 1 heterocycles. The van der Waals surface area contributed by atoms with Crippen molar-refractivity contribution in [3.05, 3.63) is 0 Å². The molecule has 158 valence electrons. The fourth-order valence-electron chi connectivity index (χ4n) is 4.59. The first-order valence-electron chi connectivity index (χ1n) is 11.1. The minimum absolute atomic E-state index is 0.192. The van der Waals surface area contributed by atoms with E-state index in [1.165, 1.54) is 0 Å². The van der Waals surface area contributed by atoms with Crippen molar-refractivity contribution in [3.8, 4) is 0 Å². The van der Waals surface area contributed by atoms with Crippen LogP contribution in [0.2, 0.25) is 0 Å². The highest BCUT2D eigenvalue weighted by atomic mass is 32.2. The minimum Gasteiger partial charge on any atom is -0.300 e. The summed E-state index contributed by atoms with van der Waals surface area (Å²) in [5.41, 5.74) is 0. The molecule has 27 heavy (non-hydrogen) atoms. The fraction of sp³-hybridized carbons (Fsp3) is 0.952. The summed E-state index contributed by atoms with van der Waals surface area (Å²) in [6.45, 7) is 8.58. The molecule has 2 aliphatic rings. The van der Waals surface area contributed by atoms with Gasteiger partial charge in [0, 0.05) is 24.4 Å². The Bertz CT molecular complexity index is 548. The molecule has 1 unspecified atom stereocenters. The van der Waals surface area contributed by atoms with Gasteiger partial charge in [0.15, 0.2) is 0 Å². The highest BCUT2D eigenvalue weighted by Crippen LogP contribution is 2.32. The predicted octanol–water partition coefficient (Wildman–Crippen LogP) is 3.73. The summed E-state index contributed by atoms with van der Waals surface area (Å²) in [5.74, 6) is 0.897. The van der Waals surface area contributed by atoms with Gasteiger partial charge in [-0.1, -0.05) is 33.6 Å². The van der Waals surface area contributed by atoms with E-state index >= 15 is 0 Å². The van der Waals surface area contributed by atoms with Crippen LogP contribution in [-0.2, 0) is 14.8 Å². The van der Waals surface area contributed by atoms with Gasteiger partial charge in [-0.3, -0.25) is 4.79 Å². The van der Waals surface area contributed by atoms with Crippen LogP contribution in [0.15, 0.2) is 0 Å². The van der Waals surface area contributed by atoms with Crippen molar-refractivity contribution >= 4 is 15.8 Å². The average molecular weight is 401 g/mol. The molecule has 1 saturated heterocycles. The van der Waals surface area contributed by atoms with E-state index in [0.29, 0.717) is 18.4 Å². The number of sulfonamides is 1. The van der Waals surface area contributed by atoms with Crippen molar-refractivity contribution in [1.82, 2.24) is 9.62 Å². The van der Waals surface area contributed by atoms with Crippen LogP contribution < -0.4 is 4.72 Å². The van der Waals surface area contributed by atoms with Gasteiger partial charge in [0.05, 0.1) is 5.25 Å². The molecular weight excluding hydrogens is 360 g/mol. The number of Topliss-reactive ketones (excluding diaryl/α,β-unsaturated/α-hetero) is 1. The topological polar surface area (TPSA) is 66.5 Å². The van der Waals surface area contributed by atoms with Crippen LogP contribution in [0.25, 0.3) is 0 Å². The van der Waals surface area contributed by atoms with E-state index < -0.39 is 10.0 Å². The highest BCUT2D eigenvalue weighted by molar-refractivity contribution is 7.90. The van der Waals surface area contributed by atoms with Gasteiger partial charge >= 0.3 is 0 Å². The number of carbonyl (C=O) groups is 1. The van der Waals surface area contributed by atoms with E-state index in [9.17, 15) is 13.2 Å². The van der Waals surface area contributed by atoms with Crippen LogP contribution in [-0.4, -0.2) is 50.0 Å². The molecule has 0 amide bonds. The van der Waals surface area contributed by atoms with Gasteiger partial charge < -0.3 is 4.90 Å². The molecule has 0 radical (unpaired) electrons. The molecule has 1 N–H and O–H groups in total. The third-order valence-electron chi connectivity index (χ3n) is 6.71. The summed E-state index contributed by atoms with van der Waals surface area (Å²) in [4.78, 5) is 14.9. The number of nitrogens with zero attached hydrogens (tertiary/aromatic N) is 1. The van der Waals surface area contributed by atoms with Crippen LogP contribution in [0.3, 0.4) is 0 Å². The van der Waals surface area contributed by atoms with Gasteiger partial charge in [0.2, 0.25) is 10.0 Å². The Labute approximate surface area is 166 Å². The number of likely N-dealkylation sites (tertiary alicyclic amines) is 1. The molecule has 0 aromatic heterocycles. The molecular formula is C21H40N2O3S. The number of unbranched alkanes of at least 4 members (excludes halogenated alkanes) is 2. The van der Waals surface area contributed by atoms with Gasteiger partial charge in [-0.2, -0.15) is 0 Å². The molecule has 5 nitrogen and oxygen atoms in total. The molecule has 0 spiro atoms. The standard InChI is InChI=1S/C21H40N2O3S/c1-4-6-7-14-22-27(25,26)20-12-15-23(16-13-20)19-10-8-18(9-11-19)21(24)17(3)5-2/h17-20,22H,4-16H2,1-3H3. The van der Waals surface area contributed by atoms with Crippen molar-refractivity contribution in [3.63, 3.8) is 0 Å². The molecule has 1 aliphatic carbocycles. The van der Waals surface area contributed by atoms with Gasteiger partial charge in [0.1, 0.15) is 5.78 Å². The SMILES string of the molecule is CCCCCNS(=O)(=O)C1CCN(C2CCC(C(=O)C(C)CC)CC2)CC1. The second kappa shape index (κ2) is 10.9. The predicted molar refractivity (Wildman–Crippen MR) is 111 cm³/mol. The summed E-state index contributed by atoms with van der Waals surface area (Å²) in [7, 11) is -3.17. The van der Waals surface area contributed by atoms with Crippen molar-refractivity contribution < 1.29 is 13.2 Å². The van der Waals surface area contributed by atoms with Crippen molar-refractivity contribution in [1.29, 1.82) is 0 Å². The quantitative estimate of drug-likeness (QED) is 0.567. The van der Waals surface area contributed by atoms with E-state index in [1.807, 2.05) is 0 Å². The second-order valence-electron chi connectivity index (χ2n) is 8.60. The van der Waals surface area contributed by atoms with Crippen molar-refractivity contribution in [2.75, 3.05) is 19.6 Å². The summed E-state index contributed by atoms with van der Waals surface area (Å²) >= 11 is 0. The van der Waals surface area contributed by atoms with Gasteiger partial charge in [0.25, 0.3) is 0 Å². The lowest BCUT2D eigenvalue weighted by Gasteiger charge is -2.40. The molecule has 2 fully saturated rings. The fourth-order valence-corrected chi connectivity index (χ4v) is 6.08. The smallest absolute Gasteiger partial charge is 0.214 e. The van der Waals surface area contributed by atoms with Crippen LogP contribution in [0, 0.1) is 11.8 Å². The molecule has 6 heteroatoms. The van der Waals surface area contributed by atoms with E-state index in [2.05, 4.69) is 30.4 Å². The van der Waals surface area contributed by atoms with Crippen molar-refractivity contribution in [2.45, 2.75) is 96.3 Å². The molecule has 0 aromatic carbocycles. The first-order valence-corrected chi connectivity index (χ1v) is 12.7. The maximum atomic E-state index is 12.5. The monoisotopic (exact) mass is 400 g/mol. The zero-order chi connectivity index (χ0) is 19.9. The lowest BCUT2D eigenvalue weighted by molar-refractivity contribution is -0.127. The van der Waals surface area contributed by atoms with Crippen LogP contribution in [0.1, 0.15) is 85.0 Å². The Morgan fingerprint density at radius 1 is 1.04 bits per heavy atom. The molecule has 2 rings (SSSR count). The first-order chi connectivity index (χ1) is 12.9. The molecule has 1 atom stereocenters. The third kappa shape index (κ3) is 6.53. The Hall–Kier alpha value is -0.460. The number of ketones is 1. The normalized spacial score (nSPS) is 26.8. The van der Waals surface area contributed by atoms with Crippen LogP contribution in [0.4, 0.5) is 0 Å². The average Bonchev–Trinajstić information content (AvgIpc) is 2.70. The number of piperidine rings is 1. The largest absolute Gasteiger partial charge is 0.300 e. The highest BCUT2D eigenvalue weighted by Gasteiger charge is 2.35. The summed E-state index contributed by atoms with van der Waals surface area (Å²) in [5, 5.41) is -0.237. The first kappa shape index (κ1) is 22.8. The maximum Gasteiger partial charge on any atom is 0.214 e. The third-order valence-corrected chi connectivity index (χ3v) is 8.67. The van der Waals surface area contributed by atoms with E-state index in [0.717, 1.165) is 77.3 Å². The number of hydrogen-bond donors (Lipinski definition) is 1. The lowest BCUT2D eigenvalue weighted by atomic mass is 9.79. The number of hydrogen-bond acceptors (Lipinski definition) is 4. The Kier molecular flexibility index (Phi) is 9.23. The summed E-state index contributed by atoms with van der Waals surface area (Å²) < 4.78 is 27.8. The summed E-state index contributed by atoms with van der Waals surface area (Å²) in [6.07, 6.45) is 9.67. The molecule has 1 saturated carbocycles. The lowest BCUT2D eigenvalue weighted by Crippen LogP contribution is -2.48. The molecule has 0 bridgehead atoms. The Morgan fingerprint density at radius 3 is 2.22 bits per heavy atom. The van der Waals surface area contributed by atoms with Crippen LogP contribution in [0.5, 0.6) is 0 Å². The second-order valence-corrected chi connectivity index (χ2v) is 10.6. The number of rotatable bonds is 10. The number of carbonyl (C=O) groups excluding carboxylic acids is 1. The zero-order valence-electron chi connectivity index (χ0n) is 17.6. The molecule has 1 aliphatic heterocycles. The molecule has 0 aromatic rings. The summed E-state index contributed by atoms with van der Waals surface area (Å²) in [6, 6.07) is 0.534. The Balaban J connectivity index is 1.74. The van der Waals surface area contributed by atoms with Gasteiger partial charge in [-0.15, -0.1) is 0 Å². The van der Waals surface area contributed by atoms with E-state index in [1.54, 1.807) is 0 Å². The van der Waals surface area contributed by atoms with E-state index in [-0.39, 0.29) is 17.1 Å².